The highest BCUT2D eigenvalue weighted by molar-refractivity contribution is 14.0. The average Bonchev–Trinajstić information content (AvgIpc) is 0. The van der Waals surface area contributed by atoms with Crippen molar-refractivity contribution in [3.05, 3.63) is 0 Å². The molecule has 3 heteroatoms. The first-order valence-electron chi connectivity index (χ1n) is 0. The Morgan fingerprint density at radius 1 is 0.333 bits per heavy atom. The topological polar surface area (TPSA) is 0 Å². The van der Waals surface area contributed by atoms with Crippen LogP contribution in [0.25, 0.3) is 0 Å². The molecule has 1 unspecified atom stereocenters. The summed E-state index contributed by atoms with van der Waals surface area (Å²) < 4.78 is 0. The molecule has 1 atom stereocenters. The van der Waals surface area contributed by atoms with E-state index in [2.05, 4.69) is 0 Å². The molecule has 0 heterocycles. The zero-order valence-corrected chi connectivity index (χ0v) is 7.60. The molecule has 0 aliphatic rings. The SMILES string of the molecule is C.C.C.C.C.C.I.I.P. The smallest absolute Gasteiger partial charge is 0.0776 e. The average molecular weight is 386 g/mol. The van der Waals surface area contributed by atoms with E-state index in [0.29, 0.717) is 0 Å². The van der Waals surface area contributed by atoms with Crippen LogP contribution in [0.4, 0.5) is 0 Å². The standard InChI is InChI=1S/6CH4.2HI.H3P/h6*1H4;2*1H;1H3. The summed E-state index contributed by atoms with van der Waals surface area (Å²) in [5, 5.41) is 0. The normalized spacial score (nSPS) is 0. The van der Waals surface area contributed by atoms with Crippen molar-refractivity contribution in [2.75, 3.05) is 0 Å². The molecule has 0 aromatic carbocycles. The summed E-state index contributed by atoms with van der Waals surface area (Å²) in [5.74, 6) is 0. The molecule has 0 nitrogen and oxygen atoms in total. The molecule has 0 radical (unpaired) electrons. The Bertz CT molecular complexity index is 11.0. The fourth-order valence-corrected chi connectivity index (χ4v) is 0. The molecule has 9 heavy (non-hydrogen) atoms. The van der Waals surface area contributed by atoms with Crippen LogP contribution in [0.5, 0.6) is 0 Å². The molecule has 0 fully saturated rings. The van der Waals surface area contributed by atoms with Crippen LogP contribution >= 0.6 is 57.9 Å². The fraction of sp³-hybridized carbons (Fsp3) is 1.00. The highest BCUT2D eigenvalue weighted by Gasteiger charge is -0.0721. The van der Waals surface area contributed by atoms with E-state index in [0.717, 1.165) is 0 Å². The van der Waals surface area contributed by atoms with E-state index in [1.54, 1.807) is 0 Å². The van der Waals surface area contributed by atoms with E-state index in [4.69, 9.17) is 0 Å². The summed E-state index contributed by atoms with van der Waals surface area (Å²) in [5.41, 5.74) is 0. The zero-order valence-electron chi connectivity index (χ0n) is 1.52. The van der Waals surface area contributed by atoms with Gasteiger partial charge in [0.05, 0.1) is 0 Å². The molecule has 0 saturated heterocycles. The molecule has 0 N–H and O–H groups in total. The Hall–Kier alpha value is 1.89. The number of hydrogen-bond acceptors (Lipinski definition) is 0. The van der Waals surface area contributed by atoms with Crippen molar-refractivity contribution < 1.29 is 0 Å². The zero-order chi connectivity index (χ0) is 0. The molecule has 72 valence electrons. The first-order valence-corrected chi connectivity index (χ1v) is 0. The molecule has 0 spiro atoms. The van der Waals surface area contributed by atoms with Crippen LogP contribution in [0, 0.1) is 0 Å². The van der Waals surface area contributed by atoms with E-state index in [1.165, 1.54) is 0 Å². The van der Waals surface area contributed by atoms with Crippen molar-refractivity contribution in [1.82, 2.24) is 0 Å². The minimum atomic E-state index is 0. The maximum absolute atomic E-state index is 0. The summed E-state index contributed by atoms with van der Waals surface area (Å²) >= 11 is 0. The predicted molar refractivity (Wildman–Crippen MR) is 82.3 cm³/mol. The Kier molecular flexibility index (Phi) is 7250. The van der Waals surface area contributed by atoms with Gasteiger partial charge in [0.2, 0.25) is 0 Å². The molecule has 0 saturated carbocycles. The third-order valence-electron chi connectivity index (χ3n) is 0. The van der Waals surface area contributed by atoms with Gasteiger partial charge < -0.3 is 0 Å². The lowest BCUT2D eigenvalue weighted by molar-refractivity contribution is 2.50. The van der Waals surface area contributed by atoms with Gasteiger partial charge in [0.25, 0.3) is 0 Å². The maximum Gasteiger partial charge on any atom is -0.0776 e. The van der Waals surface area contributed by atoms with Crippen LogP contribution in [-0.4, -0.2) is 0 Å². The lowest BCUT2D eigenvalue weighted by atomic mass is 12.0. The fourth-order valence-electron chi connectivity index (χ4n) is 0. The van der Waals surface area contributed by atoms with E-state index in [1.807, 2.05) is 0 Å². The van der Waals surface area contributed by atoms with Gasteiger partial charge in [-0.25, -0.2) is 0 Å². The van der Waals surface area contributed by atoms with Crippen molar-refractivity contribution in [3.8, 4) is 0 Å². The number of hydrogen-bond donors (Lipinski definition) is 0. The maximum atomic E-state index is 0. The number of halogens is 2. The lowest BCUT2D eigenvalue weighted by Crippen LogP contribution is 0.143. The van der Waals surface area contributed by atoms with Crippen LogP contribution < -0.4 is 0 Å². The second-order valence-electron chi connectivity index (χ2n) is 0. The van der Waals surface area contributed by atoms with Crippen LogP contribution in [0.1, 0.15) is 44.6 Å². The van der Waals surface area contributed by atoms with Crippen molar-refractivity contribution in [3.63, 3.8) is 0 Å². The van der Waals surface area contributed by atoms with E-state index in [9.17, 15) is 0 Å². The van der Waals surface area contributed by atoms with Crippen molar-refractivity contribution in [2.45, 2.75) is 44.6 Å². The quantitative estimate of drug-likeness (QED) is 0.401. The molecule has 0 aromatic heterocycles. The number of rotatable bonds is 0. The van der Waals surface area contributed by atoms with Gasteiger partial charge in [0.15, 0.2) is 0 Å². The Morgan fingerprint density at radius 3 is 0.333 bits per heavy atom. The van der Waals surface area contributed by atoms with Crippen molar-refractivity contribution >= 4 is 57.9 Å². The van der Waals surface area contributed by atoms with Gasteiger partial charge in [-0.3, -0.25) is 0 Å². The molecule has 0 bridgehead atoms. The Morgan fingerprint density at radius 2 is 0.333 bits per heavy atom. The summed E-state index contributed by atoms with van der Waals surface area (Å²) in [4.78, 5) is 0. The second-order valence-corrected chi connectivity index (χ2v) is 0. The first-order chi connectivity index (χ1) is 0. The van der Waals surface area contributed by atoms with Gasteiger partial charge in [-0.2, -0.15) is 9.90 Å². The molecule has 0 aliphatic carbocycles. The van der Waals surface area contributed by atoms with Crippen LogP contribution in [0.2, 0.25) is 0 Å². The van der Waals surface area contributed by atoms with E-state index >= 15 is 0 Å². The van der Waals surface area contributed by atoms with Gasteiger partial charge in [0, 0.05) is 0 Å². The third kappa shape index (κ3) is 172. The van der Waals surface area contributed by atoms with E-state index < -0.39 is 0 Å². The van der Waals surface area contributed by atoms with Gasteiger partial charge in [-0.05, 0) is 0 Å². The van der Waals surface area contributed by atoms with Gasteiger partial charge in [-0.1, -0.05) is 44.6 Å². The summed E-state index contributed by atoms with van der Waals surface area (Å²) in [6.45, 7) is 0. The summed E-state index contributed by atoms with van der Waals surface area (Å²) in [7, 11) is 0. The predicted octanol–water partition coefficient (Wildman–Crippen LogP) is 5.11. The minimum absolute atomic E-state index is 0. The minimum Gasteiger partial charge on any atom is -0.153 e. The van der Waals surface area contributed by atoms with Gasteiger partial charge in [-0.15, -0.1) is 48.0 Å². The highest BCUT2D eigenvalue weighted by Crippen LogP contribution is 0.887. The third-order valence-corrected chi connectivity index (χ3v) is 0. The molecular weight excluding hydrogens is 357 g/mol. The lowest BCUT2D eigenvalue weighted by Gasteiger charge is -0.154. The highest BCUT2D eigenvalue weighted by atomic mass is 127. The van der Waals surface area contributed by atoms with Crippen LogP contribution in [0.3, 0.4) is 0 Å². The van der Waals surface area contributed by atoms with Gasteiger partial charge in [0.1, 0.15) is 0 Å². The second kappa shape index (κ2) is 219. The molecule has 0 rings (SSSR count). The van der Waals surface area contributed by atoms with E-state index in [-0.39, 0.29) is 102 Å². The van der Waals surface area contributed by atoms with Gasteiger partial charge >= 0.3 is 0 Å². The first kappa shape index (κ1) is 298. The monoisotopic (exact) mass is 386 g/mol. The Balaban J connectivity index is 0. The molecule has 0 amide bonds. The molecular formula is C6H29I2P. The van der Waals surface area contributed by atoms with Crippen molar-refractivity contribution in [1.29, 1.82) is 0 Å². The summed E-state index contributed by atoms with van der Waals surface area (Å²) in [6, 6.07) is 0. The molecule has 0 aliphatic heterocycles. The molecule has 0 aromatic rings. The largest absolute Gasteiger partial charge is 0.153 e. The van der Waals surface area contributed by atoms with Crippen LogP contribution in [-0.2, 0) is 0 Å². The summed E-state index contributed by atoms with van der Waals surface area (Å²) in [6.07, 6.45) is 0. The van der Waals surface area contributed by atoms with Crippen molar-refractivity contribution in [2.24, 2.45) is 0 Å². The Labute approximate surface area is 102 Å². The van der Waals surface area contributed by atoms with Crippen LogP contribution in [0.15, 0.2) is 0 Å².